The Bertz CT molecular complexity index is 171. The standard InChI is InChI=1S/C5H6ClIN2.ClH/c6-1-5-2-8-4-9(5)3-7;/h2,4H,1,3H2;1H. The van der Waals surface area contributed by atoms with Crippen LogP contribution in [0.1, 0.15) is 5.69 Å². The highest BCUT2D eigenvalue weighted by molar-refractivity contribution is 14.1. The Hall–Kier alpha value is 0.520. The first-order valence-electron chi connectivity index (χ1n) is 2.49. The van der Waals surface area contributed by atoms with Gasteiger partial charge in [-0.15, -0.1) is 24.0 Å². The maximum absolute atomic E-state index is 5.59. The molecule has 58 valence electrons. The summed E-state index contributed by atoms with van der Waals surface area (Å²) in [5.74, 6) is 0.545. The van der Waals surface area contributed by atoms with E-state index < -0.39 is 0 Å². The average molecular weight is 293 g/mol. The third-order valence-corrected chi connectivity index (χ3v) is 2.07. The van der Waals surface area contributed by atoms with Crippen LogP contribution in [0.15, 0.2) is 12.5 Å². The van der Waals surface area contributed by atoms with Gasteiger partial charge < -0.3 is 4.57 Å². The van der Waals surface area contributed by atoms with Crippen LogP contribution in [-0.4, -0.2) is 9.55 Å². The van der Waals surface area contributed by atoms with Crippen LogP contribution in [0.2, 0.25) is 0 Å². The summed E-state index contributed by atoms with van der Waals surface area (Å²) < 4.78 is 2.92. The minimum absolute atomic E-state index is 0. The Kier molecular flexibility index (Phi) is 5.48. The zero-order valence-electron chi connectivity index (χ0n) is 5.13. The first kappa shape index (κ1) is 10.5. The van der Waals surface area contributed by atoms with Gasteiger partial charge in [0.15, 0.2) is 0 Å². The first-order valence-corrected chi connectivity index (χ1v) is 4.55. The van der Waals surface area contributed by atoms with Crippen molar-refractivity contribution in [1.82, 2.24) is 9.55 Å². The number of nitrogens with zero attached hydrogens (tertiary/aromatic N) is 2. The van der Waals surface area contributed by atoms with Gasteiger partial charge in [0.1, 0.15) is 0 Å². The molecule has 0 radical (unpaired) electrons. The summed E-state index contributed by atoms with van der Waals surface area (Å²) in [6, 6.07) is 0. The van der Waals surface area contributed by atoms with Crippen LogP contribution in [0, 0.1) is 0 Å². The number of rotatable bonds is 2. The fourth-order valence-electron chi connectivity index (χ4n) is 0.567. The van der Waals surface area contributed by atoms with Crippen LogP contribution in [-0.2, 0) is 10.4 Å². The topological polar surface area (TPSA) is 17.8 Å². The summed E-state index contributed by atoms with van der Waals surface area (Å²) >= 11 is 7.85. The van der Waals surface area contributed by atoms with Crippen molar-refractivity contribution in [3.8, 4) is 0 Å². The molecule has 0 aliphatic rings. The van der Waals surface area contributed by atoms with Crippen LogP contribution in [0.25, 0.3) is 0 Å². The maximum atomic E-state index is 5.59. The number of imidazole rings is 1. The van der Waals surface area contributed by atoms with E-state index >= 15 is 0 Å². The highest BCUT2D eigenvalue weighted by Gasteiger charge is 1.95. The molecule has 1 heterocycles. The van der Waals surface area contributed by atoms with E-state index in [1.807, 2.05) is 4.57 Å². The molecular formula is C5H7Cl2IN2. The van der Waals surface area contributed by atoms with Gasteiger partial charge in [-0.1, -0.05) is 22.6 Å². The summed E-state index contributed by atoms with van der Waals surface area (Å²) in [7, 11) is 0. The zero-order valence-corrected chi connectivity index (χ0v) is 8.86. The maximum Gasteiger partial charge on any atom is 0.0955 e. The number of halogens is 3. The van der Waals surface area contributed by atoms with E-state index in [1.165, 1.54) is 0 Å². The van der Waals surface area contributed by atoms with Gasteiger partial charge in [-0.05, 0) is 0 Å². The summed E-state index contributed by atoms with van der Waals surface area (Å²) in [6.07, 6.45) is 3.57. The van der Waals surface area contributed by atoms with E-state index in [4.69, 9.17) is 11.6 Å². The largest absolute Gasteiger partial charge is 0.324 e. The van der Waals surface area contributed by atoms with Crippen molar-refractivity contribution < 1.29 is 0 Å². The number of hydrogen-bond donors (Lipinski definition) is 0. The molecule has 0 amide bonds. The Balaban J connectivity index is 0.000000810. The average Bonchev–Trinajstić information content (AvgIpc) is 2.33. The van der Waals surface area contributed by atoms with Crippen molar-refractivity contribution in [2.75, 3.05) is 0 Å². The highest BCUT2D eigenvalue weighted by Crippen LogP contribution is 2.04. The van der Waals surface area contributed by atoms with Crippen LogP contribution in [0.4, 0.5) is 0 Å². The van der Waals surface area contributed by atoms with Gasteiger partial charge in [-0.25, -0.2) is 4.98 Å². The lowest BCUT2D eigenvalue weighted by molar-refractivity contribution is 0.865. The second kappa shape index (κ2) is 5.21. The lowest BCUT2D eigenvalue weighted by Crippen LogP contribution is -1.93. The lowest BCUT2D eigenvalue weighted by Gasteiger charge is -1.96. The number of hydrogen-bond acceptors (Lipinski definition) is 1. The quantitative estimate of drug-likeness (QED) is 0.605. The van der Waals surface area contributed by atoms with Crippen molar-refractivity contribution in [2.45, 2.75) is 10.4 Å². The lowest BCUT2D eigenvalue weighted by atomic mass is 10.5. The predicted molar refractivity (Wildman–Crippen MR) is 53.1 cm³/mol. The molecule has 0 spiro atoms. The van der Waals surface area contributed by atoms with Crippen molar-refractivity contribution in [3.63, 3.8) is 0 Å². The van der Waals surface area contributed by atoms with E-state index in [0.717, 1.165) is 10.2 Å². The molecule has 0 bridgehead atoms. The summed E-state index contributed by atoms with van der Waals surface area (Å²) in [6.45, 7) is 0. The SMILES string of the molecule is Cl.ClCc1cncn1CI. The normalized spacial score (nSPS) is 9.00. The predicted octanol–water partition coefficient (Wildman–Crippen LogP) is 2.44. The Labute approximate surface area is 84.5 Å². The minimum atomic E-state index is 0. The zero-order chi connectivity index (χ0) is 6.69. The molecule has 0 aliphatic heterocycles. The van der Waals surface area contributed by atoms with Gasteiger partial charge in [0.05, 0.1) is 22.5 Å². The summed E-state index contributed by atoms with van der Waals surface area (Å²) in [5.41, 5.74) is 1.08. The van der Waals surface area contributed by atoms with Crippen molar-refractivity contribution in [3.05, 3.63) is 18.2 Å². The van der Waals surface area contributed by atoms with E-state index in [1.54, 1.807) is 12.5 Å². The second-order valence-corrected chi connectivity index (χ2v) is 2.56. The first-order chi connectivity index (χ1) is 4.38. The van der Waals surface area contributed by atoms with Gasteiger partial charge >= 0.3 is 0 Å². The molecule has 1 aromatic rings. The van der Waals surface area contributed by atoms with Crippen molar-refractivity contribution >= 4 is 46.6 Å². The van der Waals surface area contributed by atoms with Crippen LogP contribution in [0.3, 0.4) is 0 Å². The molecule has 0 unspecified atom stereocenters. The number of aromatic nitrogens is 2. The molecule has 0 saturated heterocycles. The van der Waals surface area contributed by atoms with Gasteiger partial charge in [0.25, 0.3) is 0 Å². The smallest absolute Gasteiger partial charge is 0.0955 e. The second-order valence-electron chi connectivity index (χ2n) is 1.61. The fourth-order valence-corrected chi connectivity index (χ4v) is 1.40. The van der Waals surface area contributed by atoms with E-state index in [0.29, 0.717) is 5.88 Å². The van der Waals surface area contributed by atoms with Crippen LogP contribution < -0.4 is 0 Å². The van der Waals surface area contributed by atoms with Crippen LogP contribution >= 0.6 is 46.6 Å². The Morgan fingerprint density at radius 1 is 1.70 bits per heavy atom. The third kappa shape index (κ3) is 2.29. The van der Waals surface area contributed by atoms with Crippen LogP contribution in [0.5, 0.6) is 0 Å². The van der Waals surface area contributed by atoms with Gasteiger partial charge in [0.2, 0.25) is 0 Å². The van der Waals surface area contributed by atoms with E-state index in [-0.39, 0.29) is 12.4 Å². The number of alkyl halides is 2. The van der Waals surface area contributed by atoms with Gasteiger partial charge in [0, 0.05) is 6.20 Å². The molecule has 0 aliphatic carbocycles. The fraction of sp³-hybridized carbons (Fsp3) is 0.400. The molecule has 2 nitrogen and oxygen atoms in total. The molecule has 5 heteroatoms. The molecule has 0 fully saturated rings. The molecule has 0 N–H and O–H groups in total. The molecular weight excluding hydrogens is 286 g/mol. The molecule has 1 aromatic heterocycles. The third-order valence-electron chi connectivity index (χ3n) is 1.06. The van der Waals surface area contributed by atoms with Crippen molar-refractivity contribution in [2.24, 2.45) is 0 Å². The Morgan fingerprint density at radius 3 is 2.80 bits per heavy atom. The Morgan fingerprint density at radius 2 is 2.40 bits per heavy atom. The van der Waals surface area contributed by atoms with Crippen molar-refractivity contribution in [1.29, 1.82) is 0 Å². The van der Waals surface area contributed by atoms with E-state index in [2.05, 4.69) is 27.6 Å². The highest BCUT2D eigenvalue weighted by atomic mass is 127. The monoisotopic (exact) mass is 292 g/mol. The van der Waals surface area contributed by atoms with E-state index in [9.17, 15) is 0 Å². The molecule has 1 rings (SSSR count). The summed E-state index contributed by atoms with van der Waals surface area (Å²) in [5, 5.41) is 0. The minimum Gasteiger partial charge on any atom is -0.324 e. The molecule has 0 saturated carbocycles. The molecule has 0 atom stereocenters. The van der Waals surface area contributed by atoms with Gasteiger partial charge in [-0.3, -0.25) is 0 Å². The molecule has 0 aromatic carbocycles. The van der Waals surface area contributed by atoms with Gasteiger partial charge in [-0.2, -0.15) is 0 Å². The molecule has 10 heavy (non-hydrogen) atoms. The summed E-state index contributed by atoms with van der Waals surface area (Å²) in [4.78, 5) is 3.94.